The molecule has 0 aliphatic carbocycles. The minimum atomic E-state index is -4.29. The molecular weight excluding hydrogens is 235 g/mol. The molecule has 17 heavy (non-hydrogen) atoms. The van der Waals surface area contributed by atoms with Gasteiger partial charge >= 0.3 is 12.1 Å². The lowest BCUT2D eigenvalue weighted by Gasteiger charge is -2.23. The molecule has 0 bridgehead atoms. The summed E-state index contributed by atoms with van der Waals surface area (Å²) in [6.45, 7) is -0.806. The monoisotopic (exact) mass is 247 g/mol. The molecule has 0 saturated carbocycles. The van der Waals surface area contributed by atoms with E-state index in [1.54, 1.807) is 30.3 Å². The fraction of sp³-hybridized carbons (Fsp3) is 0.364. The number of benzene rings is 1. The van der Waals surface area contributed by atoms with Crippen LogP contribution in [0.15, 0.2) is 30.3 Å². The number of carbonyl (C=O) groups is 1. The van der Waals surface area contributed by atoms with Crippen molar-refractivity contribution < 1.29 is 23.1 Å². The van der Waals surface area contributed by atoms with Crippen LogP contribution in [0.4, 0.5) is 18.9 Å². The summed E-state index contributed by atoms with van der Waals surface area (Å²) in [5.74, 6) is -1.16. The zero-order valence-electron chi connectivity index (χ0n) is 8.94. The maximum Gasteiger partial charge on any atom is 0.390 e. The highest BCUT2D eigenvalue weighted by molar-refractivity contribution is 5.73. The SMILES string of the molecule is O=C(O)CN(CCC(F)(F)F)c1ccccc1. The largest absolute Gasteiger partial charge is 0.480 e. The fourth-order valence-electron chi connectivity index (χ4n) is 1.36. The van der Waals surface area contributed by atoms with Gasteiger partial charge in [0, 0.05) is 12.2 Å². The second-order valence-corrected chi connectivity index (χ2v) is 3.52. The molecule has 0 aliphatic rings. The molecule has 3 nitrogen and oxygen atoms in total. The van der Waals surface area contributed by atoms with Gasteiger partial charge in [-0.1, -0.05) is 18.2 Å². The van der Waals surface area contributed by atoms with E-state index < -0.39 is 25.1 Å². The van der Waals surface area contributed by atoms with Gasteiger partial charge in [-0.25, -0.2) is 0 Å². The Labute approximate surface area is 96.5 Å². The second-order valence-electron chi connectivity index (χ2n) is 3.52. The molecule has 0 atom stereocenters. The lowest BCUT2D eigenvalue weighted by atomic mass is 10.2. The van der Waals surface area contributed by atoms with E-state index in [9.17, 15) is 18.0 Å². The van der Waals surface area contributed by atoms with E-state index >= 15 is 0 Å². The smallest absolute Gasteiger partial charge is 0.390 e. The van der Waals surface area contributed by atoms with Crippen molar-refractivity contribution in [1.82, 2.24) is 0 Å². The van der Waals surface area contributed by atoms with Crippen LogP contribution in [0, 0.1) is 0 Å². The van der Waals surface area contributed by atoms with E-state index in [-0.39, 0.29) is 6.54 Å². The van der Waals surface area contributed by atoms with Gasteiger partial charge in [0.05, 0.1) is 6.42 Å². The molecule has 0 aliphatic heterocycles. The minimum Gasteiger partial charge on any atom is -0.480 e. The number of hydrogen-bond donors (Lipinski definition) is 1. The predicted molar refractivity (Wildman–Crippen MR) is 57.0 cm³/mol. The first-order chi connectivity index (χ1) is 7.88. The van der Waals surface area contributed by atoms with Crippen molar-refractivity contribution >= 4 is 11.7 Å². The first kappa shape index (κ1) is 13.3. The Balaban J connectivity index is 2.71. The second kappa shape index (κ2) is 5.56. The molecule has 1 aromatic carbocycles. The summed E-state index contributed by atoms with van der Waals surface area (Å²) in [6.07, 6.45) is -5.32. The van der Waals surface area contributed by atoms with E-state index in [1.807, 2.05) is 0 Å². The van der Waals surface area contributed by atoms with Crippen LogP contribution in [-0.2, 0) is 4.79 Å². The van der Waals surface area contributed by atoms with Crippen molar-refractivity contribution in [2.45, 2.75) is 12.6 Å². The van der Waals surface area contributed by atoms with Gasteiger partial charge in [0.15, 0.2) is 0 Å². The zero-order valence-corrected chi connectivity index (χ0v) is 8.94. The maximum absolute atomic E-state index is 12.1. The van der Waals surface area contributed by atoms with Crippen LogP contribution >= 0.6 is 0 Å². The molecule has 0 unspecified atom stereocenters. The van der Waals surface area contributed by atoms with E-state index in [0.717, 1.165) is 0 Å². The highest BCUT2D eigenvalue weighted by Crippen LogP contribution is 2.22. The normalized spacial score (nSPS) is 11.2. The van der Waals surface area contributed by atoms with Crippen LogP contribution in [0.5, 0.6) is 0 Å². The summed E-state index contributed by atoms with van der Waals surface area (Å²) in [7, 11) is 0. The Hall–Kier alpha value is -1.72. The van der Waals surface area contributed by atoms with Crippen molar-refractivity contribution in [2.24, 2.45) is 0 Å². The number of hydrogen-bond acceptors (Lipinski definition) is 2. The summed E-state index contributed by atoms with van der Waals surface area (Å²) in [5, 5.41) is 8.65. The van der Waals surface area contributed by atoms with Crippen LogP contribution in [0.2, 0.25) is 0 Å². The number of halogens is 3. The third kappa shape index (κ3) is 5.24. The summed E-state index contributed by atoms with van der Waals surface area (Å²) < 4.78 is 36.3. The van der Waals surface area contributed by atoms with Crippen LogP contribution in [-0.4, -0.2) is 30.3 Å². The lowest BCUT2D eigenvalue weighted by Crippen LogP contribution is -2.32. The van der Waals surface area contributed by atoms with Gasteiger partial charge in [-0.3, -0.25) is 4.79 Å². The van der Waals surface area contributed by atoms with Crippen LogP contribution < -0.4 is 4.90 Å². The van der Waals surface area contributed by atoms with E-state index in [2.05, 4.69) is 0 Å². The van der Waals surface area contributed by atoms with Crippen molar-refractivity contribution in [1.29, 1.82) is 0 Å². The Bertz CT molecular complexity index is 365. The molecule has 0 spiro atoms. The maximum atomic E-state index is 12.1. The molecule has 1 rings (SSSR count). The zero-order chi connectivity index (χ0) is 12.9. The molecule has 0 saturated heterocycles. The molecule has 0 aromatic heterocycles. The van der Waals surface area contributed by atoms with Gasteiger partial charge in [-0.05, 0) is 12.1 Å². The first-order valence-corrected chi connectivity index (χ1v) is 4.97. The Kier molecular flexibility index (Phi) is 4.37. The van der Waals surface area contributed by atoms with Crippen molar-refractivity contribution in [2.75, 3.05) is 18.0 Å². The first-order valence-electron chi connectivity index (χ1n) is 4.97. The highest BCUT2D eigenvalue weighted by Gasteiger charge is 2.28. The number of aliphatic carboxylic acids is 1. The Morgan fingerprint density at radius 1 is 1.24 bits per heavy atom. The van der Waals surface area contributed by atoms with Crippen LogP contribution in [0.3, 0.4) is 0 Å². The van der Waals surface area contributed by atoms with Gasteiger partial charge in [-0.15, -0.1) is 0 Å². The number of alkyl halides is 3. The molecule has 0 fully saturated rings. The average molecular weight is 247 g/mol. The quantitative estimate of drug-likeness (QED) is 0.869. The van der Waals surface area contributed by atoms with E-state index in [0.29, 0.717) is 5.69 Å². The lowest BCUT2D eigenvalue weighted by molar-refractivity contribution is -0.137. The third-order valence-electron chi connectivity index (χ3n) is 2.11. The molecule has 1 aromatic rings. The number of carboxylic acid groups (broad SMARTS) is 1. The minimum absolute atomic E-state index is 0.361. The molecule has 0 amide bonds. The molecule has 0 radical (unpaired) electrons. The highest BCUT2D eigenvalue weighted by atomic mass is 19.4. The molecule has 6 heteroatoms. The summed E-state index contributed by atoms with van der Waals surface area (Å²) in [4.78, 5) is 11.8. The molecule has 94 valence electrons. The Morgan fingerprint density at radius 3 is 2.29 bits per heavy atom. The van der Waals surface area contributed by atoms with Crippen LogP contribution in [0.1, 0.15) is 6.42 Å². The summed E-state index contributed by atoms with van der Waals surface area (Å²) in [6, 6.07) is 8.18. The topological polar surface area (TPSA) is 40.5 Å². The summed E-state index contributed by atoms with van der Waals surface area (Å²) in [5.41, 5.74) is 0.471. The van der Waals surface area contributed by atoms with Gasteiger partial charge in [-0.2, -0.15) is 13.2 Å². The molecule has 1 N–H and O–H groups in total. The molecular formula is C11H12F3NO2. The van der Waals surface area contributed by atoms with Crippen molar-refractivity contribution in [3.05, 3.63) is 30.3 Å². The van der Waals surface area contributed by atoms with Crippen molar-refractivity contribution in [3.63, 3.8) is 0 Å². The molecule has 0 heterocycles. The number of nitrogens with zero attached hydrogens (tertiary/aromatic N) is 1. The number of carboxylic acids is 1. The van der Waals surface area contributed by atoms with E-state index in [4.69, 9.17) is 5.11 Å². The van der Waals surface area contributed by atoms with E-state index in [1.165, 1.54) is 4.90 Å². The number of anilines is 1. The Morgan fingerprint density at radius 2 is 1.82 bits per heavy atom. The standard InChI is InChI=1S/C11H12F3NO2/c12-11(13,14)6-7-15(8-10(16)17)9-4-2-1-3-5-9/h1-5H,6-8H2,(H,16,17). The van der Waals surface area contributed by atoms with Gasteiger partial charge in [0.2, 0.25) is 0 Å². The average Bonchev–Trinajstić information content (AvgIpc) is 2.24. The van der Waals surface area contributed by atoms with Gasteiger partial charge in [0.1, 0.15) is 6.54 Å². The third-order valence-corrected chi connectivity index (χ3v) is 2.11. The number of rotatable bonds is 5. The predicted octanol–water partition coefficient (Wildman–Crippen LogP) is 2.53. The van der Waals surface area contributed by atoms with Crippen LogP contribution in [0.25, 0.3) is 0 Å². The fourth-order valence-corrected chi connectivity index (χ4v) is 1.36. The van der Waals surface area contributed by atoms with Gasteiger partial charge < -0.3 is 10.0 Å². The summed E-state index contributed by atoms with van der Waals surface area (Å²) >= 11 is 0. The van der Waals surface area contributed by atoms with Crippen molar-refractivity contribution in [3.8, 4) is 0 Å². The van der Waals surface area contributed by atoms with Gasteiger partial charge in [0.25, 0.3) is 0 Å². The number of para-hydroxylation sites is 1.